The molecule has 2 aromatic rings. The molecule has 2 aromatic carbocycles. The second kappa shape index (κ2) is 6.20. The molecule has 0 aromatic heterocycles. The van der Waals surface area contributed by atoms with Crippen molar-refractivity contribution in [3.63, 3.8) is 0 Å². The van der Waals surface area contributed by atoms with Crippen LogP contribution >= 0.6 is 11.6 Å². The van der Waals surface area contributed by atoms with Crippen LogP contribution in [0, 0.1) is 10.1 Å². The number of halogens is 1. The predicted molar refractivity (Wildman–Crippen MR) is 81.9 cm³/mol. The van der Waals surface area contributed by atoms with Gasteiger partial charge >= 0.3 is 0 Å². The maximum absolute atomic E-state index is 12.2. The van der Waals surface area contributed by atoms with Crippen LogP contribution in [0.4, 0.5) is 11.4 Å². The van der Waals surface area contributed by atoms with E-state index < -0.39 is 14.9 Å². The fourth-order valence-corrected chi connectivity index (χ4v) is 2.92. The van der Waals surface area contributed by atoms with Crippen molar-refractivity contribution in [3.05, 3.63) is 57.6 Å². The van der Waals surface area contributed by atoms with Crippen LogP contribution in [0.1, 0.15) is 0 Å². The van der Waals surface area contributed by atoms with Crippen LogP contribution in [-0.2, 0) is 10.0 Å². The van der Waals surface area contributed by atoms with E-state index in [-0.39, 0.29) is 21.3 Å². The second-order valence-electron chi connectivity index (χ2n) is 4.20. The lowest BCUT2D eigenvalue weighted by Crippen LogP contribution is -2.13. The van der Waals surface area contributed by atoms with Crippen LogP contribution in [0.2, 0.25) is 5.02 Å². The van der Waals surface area contributed by atoms with Gasteiger partial charge in [0.25, 0.3) is 15.7 Å². The van der Waals surface area contributed by atoms with Gasteiger partial charge in [0.2, 0.25) is 0 Å². The number of nitro benzene ring substituents is 1. The first-order chi connectivity index (χ1) is 10.3. The number of hydrogen-bond donors (Lipinski definition) is 1. The quantitative estimate of drug-likeness (QED) is 0.665. The SMILES string of the molecule is COc1ccc(S(=O)(=O)Nc2ccc(Cl)c([N+](=O)[O-])c2)cc1. The predicted octanol–water partition coefficient (Wildman–Crippen LogP) is 3.06. The molecule has 0 aliphatic heterocycles. The van der Waals surface area contributed by atoms with Gasteiger partial charge in [-0.15, -0.1) is 0 Å². The van der Waals surface area contributed by atoms with Crippen LogP contribution in [0.25, 0.3) is 0 Å². The van der Waals surface area contributed by atoms with Gasteiger partial charge in [-0.1, -0.05) is 11.6 Å². The molecule has 9 heteroatoms. The summed E-state index contributed by atoms with van der Waals surface area (Å²) in [5.74, 6) is 0.515. The average molecular weight is 343 g/mol. The van der Waals surface area contributed by atoms with E-state index in [1.165, 1.54) is 43.5 Å². The van der Waals surface area contributed by atoms with Gasteiger partial charge in [0.1, 0.15) is 10.8 Å². The minimum Gasteiger partial charge on any atom is -0.497 e. The molecule has 1 N–H and O–H groups in total. The van der Waals surface area contributed by atoms with Gasteiger partial charge in [-0.3, -0.25) is 14.8 Å². The monoisotopic (exact) mass is 342 g/mol. The zero-order chi connectivity index (χ0) is 16.3. The molecular formula is C13H11ClN2O5S. The summed E-state index contributed by atoms with van der Waals surface area (Å²) in [6.45, 7) is 0. The number of hydrogen-bond acceptors (Lipinski definition) is 5. The molecule has 0 heterocycles. The number of nitrogens with one attached hydrogen (secondary N) is 1. The smallest absolute Gasteiger partial charge is 0.289 e. The van der Waals surface area contributed by atoms with E-state index in [1.54, 1.807) is 0 Å². The van der Waals surface area contributed by atoms with E-state index in [2.05, 4.69) is 4.72 Å². The van der Waals surface area contributed by atoms with Crippen molar-refractivity contribution in [2.45, 2.75) is 4.90 Å². The minimum atomic E-state index is -3.86. The van der Waals surface area contributed by atoms with E-state index in [4.69, 9.17) is 16.3 Å². The number of ether oxygens (including phenoxy) is 1. The Morgan fingerprint density at radius 3 is 2.36 bits per heavy atom. The van der Waals surface area contributed by atoms with Crippen molar-refractivity contribution in [3.8, 4) is 5.75 Å². The lowest BCUT2D eigenvalue weighted by molar-refractivity contribution is -0.384. The normalized spacial score (nSPS) is 11.0. The molecule has 22 heavy (non-hydrogen) atoms. The van der Waals surface area contributed by atoms with Crippen LogP contribution in [-0.4, -0.2) is 20.5 Å². The fraction of sp³-hybridized carbons (Fsp3) is 0.0769. The van der Waals surface area contributed by atoms with Crippen molar-refractivity contribution < 1.29 is 18.1 Å². The average Bonchev–Trinajstić information content (AvgIpc) is 2.48. The standard InChI is InChI=1S/C13H11ClN2O5S/c1-21-10-3-5-11(6-4-10)22(19,20)15-9-2-7-12(14)13(8-9)16(17)18/h2-8,15H,1H3. The summed E-state index contributed by atoms with van der Waals surface area (Å²) in [6.07, 6.45) is 0. The van der Waals surface area contributed by atoms with E-state index in [0.29, 0.717) is 5.75 Å². The molecule has 7 nitrogen and oxygen atoms in total. The summed E-state index contributed by atoms with van der Waals surface area (Å²) >= 11 is 5.68. The van der Waals surface area contributed by atoms with E-state index in [9.17, 15) is 18.5 Å². The zero-order valence-electron chi connectivity index (χ0n) is 11.3. The highest BCUT2D eigenvalue weighted by Crippen LogP contribution is 2.28. The number of sulfonamides is 1. The Morgan fingerprint density at radius 1 is 1.18 bits per heavy atom. The van der Waals surface area contributed by atoms with Crippen molar-refractivity contribution in [1.82, 2.24) is 0 Å². The maximum atomic E-state index is 12.2. The van der Waals surface area contributed by atoms with Crippen molar-refractivity contribution in [1.29, 1.82) is 0 Å². The molecular weight excluding hydrogens is 332 g/mol. The minimum absolute atomic E-state index is 0.00547. The summed E-state index contributed by atoms with van der Waals surface area (Å²) in [5, 5.41) is 10.7. The molecule has 0 atom stereocenters. The Kier molecular flexibility index (Phi) is 4.53. The molecule has 0 fully saturated rings. The van der Waals surface area contributed by atoms with Gasteiger partial charge in [-0.05, 0) is 36.4 Å². The summed E-state index contributed by atoms with van der Waals surface area (Å²) in [6, 6.07) is 9.39. The molecule has 0 aliphatic rings. The highest BCUT2D eigenvalue weighted by atomic mass is 35.5. The molecule has 2 rings (SSSR count). The van der Waals surface area contributed by atoms with Crippen LogP contribution in [0.3, 0.4) is 0 Å². The highest BCUT2D eigenvalue weighted by molar-refractivity contribution is 7.92. The van der Waals surface area contributed by atoms with Gasteiger partial charge in [0, 0.05) is 6.07 Å². The van der Waals surface area contributed by atoms with Gasteiger partial charge in [-0.25, -0.2) is 8.42 Å². The second-order valence-corrected chi connectivity index (χ2v) is 6.29. The maximum Gasteiger partial charge on any atom is 0.289 e. The Bertz CT molecular complexity index is 806. The number of nitro groups is 1. The Morgan fingerprint density at radius 2 is 1.82 bits per heavy atom. The highest BCUT2D eigenvalue weighted by Gasteiger charge is 2.18. The van der Waals surface area contributed by atoms with E-state index in [0.717, 1.165) is 6.07 Å². The van der Waals surface area contributed by atoms with Gasteiger partial charge < -0.3 is 4.74 Å². The first-order valence-corrected chi connectivity index (χ1v) is 7.80. The van der Waals surface area contributed by atoms with Crippen LogP contribution in [0.15, 0.2) is 47.4 Å². The molecule has 0 saturated carbocycles. The molecule has 116 valence electrons. The van der Waals surface area contributed by atoms with Crippen molar-refractivity contribution >= 4 is 33.0 Å². The number of rotatable bonds is 5. The summed E-state index contributed by atoms with van der Waals surface area (Å²) in [4.78, 5) is 10.1. The molecule has 0 radical (unpaired) electrons. The lowest BCUT2D eigenvalue weighted by atomic mass is 10.3. The van der Waals surface area contributed by atoms with Crippen molar-refractivity contribution in [2.24, 2.45) is 0 Å². The number of methoxy groups -OCH3 is 1. The topological polar surface area (TPSA) is 98.5 Å². The molecule has 0 saturated heterocycles. The first-order valence-electron chi connectivity index (χ1n) is 5.94. The molecule has 0 bridgehead atoms. The third-order valence-electron chi connectivity index (χ3n) is 2.76. The number of anilines is 1. The van der Waals surface area contributed by atoms with E-state index >= 15 is 0 Å². The number of nitrogens with zero attached hydrogens (tertiary/aromatic N) is 1. The lowest BCUT2D eigenvalue weighted by Gasteiger charge is -2.09. The fourth-order valence-electron chi connectivity index (χ4n) is 1.69. The molecule has 0 aliphatic carbocycles. The first kappa shape index (κ1) is 16.1. The van der Waals surface area contributed by atoms with Crippen molar-refractivity contribution in [2.75, 3.05) is 11.8 Å². The zero-order valence-corrected chi connectivity index (χ0v) is 12.9. The summed E-state index contributed by atoms with van der Waals surface area (Å²) in [5.41, 5.74) is -0.330. The third-order valence-corrected chi connectivity index (χ3v) is 4.48. The summed E-state index contributed by atoms with van der Waals surface area (Å²) in [7, 11) is -2.40. The Labute approximate surface area is 131 Å². The Hall–Kier alpha value is -2.32. The van der Waals surface area contributed by atoms with E-state index in [1.807, 2.05) is 0 Å². The van der Waals surface area contributed by atoms with Gasteiger partial charge in [0.15, 0.2) is 0 Å². The molecule has 0 spiro atoms. The van der Waals surface area contributed by atoms with Crippen LogP contribution < -0.4 is 9.46 Å². The Balaban J connectivity index is 2.32. The van der Waals surface area contributed by atoms with Gasteiger partial charge in [0.05, 0.1) is 22.6 Å². The largest absolute Gasteiger partial charge is 0.497 e. The summed E-state index contributed by atoms with van der Waals surface area (Å²) < 4.78 is 31.6. The molecule has 0 unspecified atom stereocenters. The molecule has 0 amide bonds. The number of benzene rings is 2. The third kappa shape index (κ3) is 3.46. The van der Waals surface area contributed by atoms with Gasteiger partial charge in [-0.2, -0.15) is 0 Å². The van der Waals surface area contributed by atoms with Crippen LogP contribution in [0.5, 0.6) is 5.75 Å².